The monoisotopic (exact) mass is 283 g/mol. The van der Waals surface area contributed by atoms with E-state index in [4.69, 9.17) is 5.73 Å². The van der Waals surface area contributed by atoms with E-state index in [2.05, 4.69) is 20.3 Å². The van der Waals surface area contributed by atoms with Gasteiger partial charge in [-0.3, -0.25) is 4.98 Å². The first kappa shape index (κ1) is 14.0. The Morgan fingerprint density at radius 3 is 2.70 bits per heavy atom. The highest BCUT2D eigenvalue weighted by molar-refractivity contribution is 5.45. The van der Waals surface area contributed by atoms with Crippen LogP contribution in [0.5, 0.6) is 0 Å². The van der Waals surface area contributed by atoms with E-state index in [9.17, 15) is 13.2 Å². The van der Waals surface area contributed by atoms with Crippen molar-refractivity contribution < 1.29 is 13.2 Å². The number of halogens is 3. The Morgan fingerprint density at radius 2 is 2.05 bits per heavy atom. The molecule has 2 aromatic rings. The Morgan fingerprint density at radius 1 is 1.30 bits per heavy atom. The number of nitrogens with zero attached hydrogens (tertiary/aromatic N) is 3. The molecule has 0 bridgehead atoms. The largest absolute Gasteiger partial charge is 0.451 e. The van der Waals surface area contributed by atoms with Crippen molar-refractivity contribution >= 4 is 11.6 Å². The number of nitrogens with one attached hydrogen (secondary N) is 1. The van der Waals surface area contributed by atoms with E-state index in [1.165, 1.54) is 6.07 Å². The zero-order valence-corrected chi connectivity index (χ0v) is 10.6. The van der Waals surface area contributed by atoms with Gasteiger partial charge in [-0.05, 0) is 24.1 Å². The molecule has 0 saturated heterocycles. The summed E-state index contributed by atoms with van der Waals surface area (Å²) in [6.45, 7) is 2.18. The van der Waals surface area contributed by atoms with E-state index in [0.717, 1.165) is 11.1 Å². The number of rotatable bonds is 3. The van der Waals surface area contributed by atoms with Crippen LogP contribution in [0.2, 0.25) is 0 Å². The topological polar surface area (TPSA) is 76.7 Å². The molecule has 0 saturated carbocycles. The molecule has 0 aromatic carbocycles. The number of alkyl halides is 3. The summed E-state index contributed by atoms with van der Waals surface area (Å²) in [5, 5.41) is 2.80. The van der Waals surface area contributed by atoms with E-state index < -0.39 is 12.0 Å². The zero-order valence-electron chi connectivity index (χ0n) is 10.6. The van der Waals surface area contributed by atoms with Crippen molar-refractivity contribution in [1.82, 2.24) is 15.0 Å². The third-order valence-corrected chi connectivity index (χ3v) is 2.60. The molecule has 0 aliphatic carbocycles. The van der Waals surface area contributed by atoms with Crippen molar-refractivity contribution in [2.45, 2.75) is 19.6 Å². The Kier molecular flexibility index (Phi) is 3.73. The standard InChI is InChI=1S/C12H12F3N5/c1-7-5-17-3-2-8(7)6-18-10-4-9(16)19-11(20-10)12(13,14)15/h2-5H,6H2,1H3,(H3,16,18,19,20). The van der Waals surface area contributed by atoms with Crippen molar-refractivity contribution in [2.24, 2.45) is 0 Å². The maximum atomic E-state index is 12.6. The molecular weight excluding hydrogens is 271 g/mol. The molecule has 0 aliphatic heterocycles. The summed E-state index contributed by atoms with van der Waals surface area (Å²) >= 11 is 0. The molecule has 3 N–H and O–H groups in total. The molecule has 8 heteroatoms. The number of nitrogens with two attached hydrogens (primary N) is 1. The number of pyridine rings is 1. The van der Waals surface area contributed by atoms with Gasteiger partial charge in [0, 0.05) is 25.0 Å². The number of aryl methyl sites for hydroxylation is 1. The first-order valence-electron chi connectivity index (χ1n) is 5.71. The lowest BCUT2D eigenvalue weighted by molar-refractivity contribution is -0.144. The van der Waals surface area contributed by atoms with Crippen LogP contribution in [-0.2, 0) is 12.7 Å². The van der Waals surface area contributed by atoms with Gasteiger partial charge in [0.25, 0.3) is 0 Å². The van der Waals surface area contributed by atoms with Gasteiger partial charge in [0.15, 0.2) is 0 Å². The fourth-order valence-corrected chi connectivity index (χ4v) is 1.57. The minimum Gasteiger partial charge on any atom is -0.384 e. The minimum absolute atomic E-state index is 0.0287. The summed E-state index contributed by atoms with van der Waals surface area (Å²) in [5.41, 5.74) is 7.19. The molecule has 0 amide bonds. The first-order valence-corrected chi connectivity index (χ1v) is 5.71. The van der Waals surface area contributed by atoms with Crippen molar-refractivity contribution in [1.29, 1.82) is 0 Å². The van der Waals surface area contributed by atoms with E-state index in [1.807, 2.05) is 6.92 Å². The lowest BCUT2D eigenvalue weighted by atomic mass is 10.1. The van der Waals surface area contributed by atoms with Crippen molar-refractivity contribution in [3.63, 3.8) is 0 Å². The quantitative estimate of drug-likeness (QED) is 0.904. The summed E-state index contributed by atoms with van der Waals surface area (Å²) in [7, 11) is 0. The Bertz CT molecular complexity index is 612. The van der Waals surface area contributed by atoms with E-state index in [1.54, 1.807) is 18.5 Å². The zero-order chi connectivity index (χ0) is 14.8. The van der Waals surface area contributed by atoms with E-state index >= 15 is 0 Å². The highest BCUT2D eigenvalue weighted by atomic mass is 19.4. The number of anilines is 2. The summed E-state index contributed by atoms with van der Waals surface area (Å²) in [6.07, 6.45) is -1.34. The third-order valence-electron chi connectivity index (χ3n) is 2.60. The SMILES string of the molecule is Cc1cnccc1CNc1cc(N)nc(C(F)(F)F)n1. The van der Waals surface area contributed by atoms with Crippen LogP contribution in [0.1, 0.15) is 17.0 Å². The second-order valence-corrected chi connectivity index (χ2v) is 4.16. The van der Waals surface area contributed by atoms with Gasteiger partial charge in [0.1, 0.15) is 11.6 Å². The molecule has 20 heavy (non-hydrogen) atoms. The smallest absolute Gasteiger partial charge is 0.384 e. The van der Waals surface area contributed by atoms with Crippen LogP contribution in [0.15, 0.2) is 24.5 Å². The molecule has 2 aromatic heterocycles. The van der Waals surface area contributed by atoms with Gasteiger partial charge < -0.3 is 11.1 Å². The summed E-state index contributed by atoms with van der Waals surface area (Å²) in [5.74, 6) is -1.46. The highest BCUT2D eigenvalue weighted by Crippen LogP contribution is 2.27. The Hall–Kier alpha value is -2.38. The molecule has 5 nitrogen and oxygen atoms in total. The van der Waals surface area contributed by atoms with Crippen LogP contribution in [0.3, 0.4) is 0 Å². The van der Waals surface area contributed by atoms with E-state index in [0.29, 0.717) is 6.54 Å². The molecule has 0 radical (unpaired) electrons. The lowest BCUT2D eigenvalue weighted by Crippen LogP contribution is -2.14. The van der Waals surface area contributed by atoms with Gasteiger partial charge in [0.2, 0.25) is 5.82 Å². The molecule has 106 valence electrons. The van der Waals surface area contributed by atoms with Gasteiger partial charge in [-0.2, -0.15) is 13.2 Å². The van der Waals surface area contributed by atoms with Crippen LogP contribution in [0, 0.1) is 6.92 Å². The van der Waals surface area contributed by atoms with Crippen molar-refractivity contribution in [2.75, 3.05) is 11.1 Å². The molecule has 2 heterocycles. The highest BCUT2D eigenvalue weighted by Gasteiger charge is 2.35. The third kappa shape index (κ3) is 3.34. The van der Waals surface area contributed by atoms with Crippen LogP contribution in [0.25, 0.3) is 0 Å². The molecular formula is C12H12F3N5. The van der Waals surface area contributed by atoms with Gasteiger partial charge in [-0.15, -0.1) is 0 Å². The molecule has 2 rings (SSSR count). The van der Waals surface area contributed by atoms with Crippen molar-refractivity contribution in [3.8, 4) is 0 Å². The first-order chi connectivity index (χ1) is 9.36. The fraction of sp³-hybridized carbons (Fsp3) is 0.250. The average molecular weight is 283 g/mol. The maximum Gasteiger partial charge on any atom is 0.451 e. The van der Waals surface area contributed by atoms with Gasteiger partial charge in [-0.25, -0.2) is 9.97 Å². The van der Waals surface area contributed by atoms with Gasteiger partial charge >= 0.3 is 6.18 Å². The summed E-state index contributed by atoms with van der Waals surface area (Å²) in [6, 6.07) is 3.03. The molecule has 0 atom stereocenters. The van der Waals surface area contributed by atoms with Crippen LogP contribution >= 0.6 is 0 Å². The predicted octanol–water partition coefficient (Wildman–Crippen LogP) is 2.39. The second kappa shape index (κ2) is 5.32. The Labute approximate surface area is 113 Å². The van der Waals surface area contributed by atoms with Crippen LogP contribution in [0.4, 0.5) is 24.8 Å². The van der Waals surface area contributed by atoms with Crippen molar-refractivity contribution in [3.05, 3.63) is 41.5 Å². The molecule has 0 spiro atoms. The number of nitrogen functional groups attached to an aromatic ring is 1. The number of aromatic nitrogens is 3. The normalized spacial score (nSPS) is 11.4. The molecule has 0 fully saturated rings. The Balaban J connectivity index is 2.18. The second-order valence-electron chi connectivity index (χ2n) is 4.16. The van der Waals surface area contributed by atoms with Gasteiger partial charge in [0.05, 0.1) is 0 Å². The van der Waals surface area contributed by atoms with Crippen LogP contribution in [-0.4, -0.2) is 15.0 Å². The van der Waals surface area contributed by atoms with E-state index in [-0.39, 0.29) is 11.6 Å². The predicted molar refractivity (Wildman–Crippen MR) is 67.7 cm³/mol. The molecule has 0 unspecified atom stereocenters. The maximum absolute atomic E-state index is 12.6. The average Bonchev–Trinajstić information content (AvgIpc) is 2.36. The van der Waals surface area contributed by atoms with Gasteiger partial charge in [-0.1, -0.05) is 0 Å². The minimum atomic E-state index is -4.63. The lowest BCUT2D eigenvalue weighted by Gasteiger charge is -2.11. The summed E-state index contributed by atoms with van der Waals surface area (Å²) in [4.78, 5) is 10.5. The fourth-order valence-electron chi connectivity index (χ4n) is 1.57. The molecule has 0 aliphatic rings. The summed E-state index contributed by atoms with van der Waals surface area (Å²) < 4.78 is 37.7. The van der Waals surface area contributed by atoms with Crippen LogP contribution < -0.4 is 11.1 Å². The number of hydrogen-bond donors (Lipinski definition) is 2. The number of hydrogen-bond acceptors (Lipinski definition) is 5.